The number of nitrogens with one attached hydrogen (secondary N) is 4. The lowest BCUT2D eigenvalue weighted by Gasteiger charge is -2.21. The van der Waals surface area contributed by atoms with E-state index in [1.165, 1.54) is 43.4 Å². The predicted molar refractivity (Wildman–Crippen MR) is 378 cm³/mol. The quantitative estimate of drug-likeness (QED) is 0.0356. The number of hydrogen-bond donors (Lipinski definition) is 8. The maximum absolute atomic E-state index is 12.6. The van der Waals surface area contributed by atoms with E-state index in [1.807, 2.05) is 54.6 Å². The first-order valence-corrected chi connectivity index (χ1v) is 31.6. The number of ether oxygens (including phenoxy) is 8. The van der Waals surface area contributed by atoms with E-state index in [0.717, 1.165) is 36.7 Å². The summed E-state index contributed by atoms with van der Waals surface area (Å²) in [5.74, 6) is 8.89. The highest BCUT2D eigenvalue weighted by molar-refractivity contribution is 5.68. The second kappa shape index (κ2) is 31.8. The van der Waals surface area contributed by atoms with Crippen molar-refractivity contribution in [2.45, 2.75) is 39.0 Å². The Morgan fingerprint density at radius 3 is 1.64 bits per heavy atom. The smallest absolute Gasteiger partial charge is 0.387 e. The van der Waals surface area contributed by atoms with Gasteiger partial charge in [-0.15, -0.1) is 20.4 Å². The molecule has 8 aromatic heterocycles. The van der Waals surface area contributed by atoms with Crippen molar-refractivity contribution < 1.29 is 46.7 Å². The van der Waals surface area contributed by atoms with Gasteiger partial charge in [0.1, 0.15) is 24.0 Å². The van der Waals surface area contributed by atoms with E-state index < -0.39 is 6.61 Å². The zero-order valence-electron chi connectivity index (χ0n) is 56.5. The lowest BCUT2D eigenvalue weighted by atomic mass is 10.2. The van der Waals surface area contributed by atoms with Gasteiger partial charge in [-0.2, -0.15) is 52.7 Å². The van der Waals surface area contributed by atoms with Crippen LogP contribution in [0.3, 0.4) is 0 Å². The Kier molecular flexibility index (Phi) is 21.3. The molecule has 1 fully saturated rings. The van der Waals surface area contributed by atoms with Crippen LogP contribution in [0.1, 0.15) is 25.8 Å². The minimum Gasteiger partial charge on any atom is -0.495 e. The summed E-state index contributed by atoms with van der Waals surface area (Å²) < 4.78 is 72.9. The van der Waals surface area contributed by atoms with Crippen LogP contribution in [0.25, 0.3) is 23.3 Å². The van der Waals surface area contributed by atoms with Crippen molar-refractivity contribution in [3.05, 3.63) is 158 Å². The molecule has 1 unspecified atom stereocenters. The molecule has 0 bridgehead atoms. The number of nitriles is 1. The molecule has 15 rings (SSSR count). The highest BCUT2D eigenvalue weighted by Crippen LogP contribution is 2.44. The monoisotopic (exact) mass is 1420 g/mol. The zero-order chi connectivity index (χ0) is 72.8. The van der Waals surface area contributed by atoms with Gasteiger partial charge >= 0.3 is 6.61 Å². The fraction of sp³-hybridized carbons (Fsp3) is 0.212. The molecule has 1 saturated heterocycles. The van der Waals surface area contributed by atoms with Gasteiger partial charge in [0, 0.05) is 85.1 Å². The van der Waals surface area contributed by atoms with Gasteiger partial charge in [-0.1, -0.05) is 24.3 Å². The van der Waals surface area contributed by atoms with Crippen LogP contribution in [-0.2, 0) is 0 Å². The first-order valence-electron chi connectivity index (χ1n) is 31.6. The topological polar surface area (TPSA) is 444 Å². The molecule has 11 heterocycles. The second-order valence-electron chi connectivity index (χ2n) is 22.7. The highest BCUT2D eigenvalue weighted by atomic mass is 19.3. The number of methoxy groups -OCH3 is 2. The Hall–Kier alpha value is -14.1. The summed E-state index contributed by atoms with van der Waals surface area (Å²) in [5, 5.41) is 38.3. The molecular formula is C66H68F2N28O8. The minimum absolute atomic E-state index is 0.0595. The van der Waals surface area contributed by atoms with Crippen molar-refractivity contribution in [1.29, 1.82) is 5.26 Å². The third-order valence-electron chi connectivity index (χ3n) is 15.1. The van der Waals surface area contributed by atoms with Gasteiger partial charge in [-0.3, -0.25) is 0 Å². The first-order chi connectivity index (χ1) is 50.4. The number of nitrogens with zero attached hydrogens (tertiary/aromatic N) is 20. The SMILES string of the molecule is CC(C)Oc1cc(Nc2nc(N)n(-c3ccccn3)n2)ccc1OC(F)F.COc1cc(Nc2nc(N)n(-c3ccccn3)n2)cc2c1OCO2.COc1ccccc1Nc1nc(N)n(-c2cc(N3CCC(N(C)C)C3)ncn2)n1.N#Cc1ccc(-n2nc(Nc3ccc4c(c3)OCO4)nc2N)nc1. The van der Waals surface area contributed by atoms with Crippen LogP contribution >= 0.6 is 0 Å². The minimum atomic E-state index is -2.95. The molecule has 12 aromatic rings. The summed E-state index contributed by atoms with van der Waals surface area (Å²) in [4.78, 5) is 42.5. The first kappa shape index (κ1) is 69.8. The summed E-state index contributed by atoms with van der Waals surface area (Å²) in [6, 6.07) is 39.4. The van der Waals surface area contributed by atoms with Crippen molar-refractivity contribution in [1.82, 2.24) is 88.9 Å². The molecule has 36 nitrogen and oxygen atoms in total. The molecule has 38 heteroatoms. The zero-order valence-corrected chi connectivity index (χ0v) is 56.5. The van der Waals surface area contributed by atoms with E-state index in [1.54, 1.807) is 107 Å². The van der Waals surface area contributed by atoms with E-state index in [4.69, 9.17) is 61.4 Å². The number of pyridine rings is 3. The van der Waals surface area contributed by atoms with Crippen LogP contribution in [0.4, 0.5) is 84.9 Å². The summed E-state index contributed by atoms with van der Waals surface area (Å²) in [6.45, 7) is 2.86. The van der Waals surface area contributed by atoms with E-state index in [-0.39, 0.29) is 60.9 Å². The number of alkyl halides is 2. The van der Waals surface area contributed by atoms with Crippen molar-refractivity contribution in [2.24, 2.45) is 0 Å². The number of fused-ring (bicyclic) bond motifs is 2. The standard InChI is InChI=1S/C19H25N9O.C17H18F2N6O2.C15H11N7O2.C15H14N6O3/c1-26(2)13-8-9-27(11-13)16-10-17(22-12-21-16)28-18(20)24-19(25-28)23-14-6-4-5-7-15(14)29-3;1-10(2)26-13-9-11(6-7-12(13)27-15(18)19)22-17-23-16(20)25(24-17)14-5-3-4-8-21-14;16-6-9-1-4-13(18-7-9)22-14(17)20-15(21-22)19-10-2-3-11-12(5-10)24-8-23-11;1-22-10-6-9(7-11-13(10)24-8-23-11)18-15-19-14(16)21(20-15)12-4-2-3-5-17-12/h4-7,10,12-13H,8-9,11H2,1-3H3,(H3,20,23,24,25);3-10,15H,1-2H3,(H3,20,22,23,24);1-5,7H,8H2,(H3,17,19,20,21);2-7H,8H2,1H3,(H3,16,18,19,20). The number of anilines is 13. The largest absolute Gasteiger partial charge is 0.495 e. The summed E-state index contributed by atoms with van der Waals surface area (Å²) >= 11 is 0. The Bertz CT molecular complexity index is 4940. The van der Waals surface area contributed by atoms with E-state index in [0.29, 0.717) is 98.6 Å². The summed E-state index contributed by atoms with van der Waals surface area (Å²) in [7, 11) is 7.38. The number of para-hydroxylation sites is 2. The normalized spacial score (nSPS) is 13.0. The van der Waals surface area contributed by atoms with Crippen LogP contribution in [0, 0.1) is 11.3 Å². The predicted octanol–water partition coefficient (Wildman–Crippen LogP) is 8.22. The summed E-state index contributed by atoms with van der Waals surface area (Å²) in [5.41, 5.74) is 26.9. The Morgan fingerprint density at radius 1 is 0.529 bits per heavy atom. The average Bonchev–Trinajstić information content (AvgIpc) is 1.64. The molecule has 1 atom stereocenters. The van der Waals surface area contributed by atoms with Crippen LogP contribution in [0.5, 0.6) is 46.0 Å². The van der Waals surface area contributed by atoms with Gasteiger partial charge < -0.3 is 91.9 Å². The average molecular weight is 1420 g/mol. The van der Waals surface area contributed by atoms with Gasteiger partial charge in [-0.05, 0) is 107 Å². The van der Waals surface area contributed by atoms with E-state index >= 15 is 0 Å². The fourth-order valence-electron chi connectivity index (χ4n) is 10.3. The van der Waals surface area contributed by atoms with Crippen molar-refractivity contribution in [2.75, 3.05) is 104 Å². The third kappa shape index (κ3) is 16.9. The maximum Gasteiger partial charge on any atom is 0.387 e. The van der Waals surface area contributed by atoms with Gasteiger partial charge in [0.25, 0.3) is 0 Å². The fourth-order valence-corrected chi connectivity index (χ4v) is 10.3. The van der Waals surface area contributed by atoms with Crippen LogP contribution in [-0.4, -0.2) is 163 Å². The number of benzene rings is 4. The molecule has 534 valence electrons. The molecule has 0 aliphatic carbocycles. The number of nitrogen functional groups attached to an aromatic ring is 4. The Balaban J connectivity index is 0.000000131. The number of nitrogens with two attached hydrogens (primary N) is 4. The Morgan fingerprint density at radius 2 is 1.07 bits per heavy atom. The van der Waals surface area contributed by atoms with Gasteiger partial charge in [0.15, 0.2) is 57.8 Å². The van der Waals surface area contributed by atoms with Crippen molar-refractivity contribution in [3.8, 4) is 75.3 Å². The van der Waals surface area contributed by atoms with Gasteiger partial charge in [0.05, 0.1) is 31.6 Å². The molecule has 4 aromatic carbocycles. The lowest BCUT2D eigenvalue weighted by Crippen LogP contribution is -2.31. The molecule has 3 aliphatic rings. The van der Waals surface area contributed by atoms with Crippen LogP contribution in [0.15, 0.2) is 152 Å². The van der Waals surface area contributed by atoms with Gasteiger partial charge in [0.2, 0.25) is 66.9 Å². The molecule has 0 saturated carbocycles. The van der Waals surface area contributed by atoms with Crippen LogP contribution in [0.2, 0.25) is 0 Å². The van der Waals surface area contributed by atoms with Crippen molar-refractivity contribution >= 4 is 76.2 Å². The molecular weight excluding hydrogens is 1350 g/mol. The van der Waals surface area contributed by atoms with Crippen molar-refractivity contribution in [3.63, 3.8) is 0 Å². The molecule has 12 N–H and O–H groups in total. The molecule has 0 radical (unpaired) electrons. The van der Waals surface area contributed by atoms with Crippen LogP contribution < -0.4 is 87.0 Å². The van der Waals surface area contributed by atoms with E-state index in [9.17, 15) is 8.78 Å². The molecule has 3 aliphatic heterocycles. The highest BCUT2D eigenvalue weighted by Gasteiger charge is 2.27. The second-order valence-corrected chi connectivity index (χ2v) is 22.7. The maximum atomic E-state index is 12.6. The number of halogens is 2. The van der Waals surface area contributed by atoms with E-state index in [2.05, 4.69) is 115 Å². The molecule has 0 amide bonds. The third-order valence-corrected chi connectivity index (χ3v) is 15.1. The molecule has 0 spiro atoms. The Labute approximate surface area is 591 Å². The van der Waals surface area contributed by atoms with Gasteiger partial charge in [-0.25, -0.2) is 24.9 Å². The number of rotatable bonds is 20. The lowest BCUT2D eigenvalue weighted by molar-refractivity contribution is -0.0518. The summed E-state index contributed by atoms with van der Waals surface area (Å²) in [6.07, 6.45) is 7.12. The number of likely N-dealkylation sites (N-methyl/N-ethyl adjacent to an activating group) is 1. The number of hydrogen-bond acceptors (Lipinski definition) is 32. The molecule has 104 heavy (non-hydrogen) atoms. The number of aromatic nitrogens is 17.